The minimum Gasteiger partial charge on any atom is -0.447 e. The fourth-order valence-electron chi connectivity index (χ4n) is 4.23. The van der Waals surface area contributed by atoms with Crippen LogP contribution in [0.2, 0.25) is 0 Å². The normalized spacial score (nSPS) is 19.0. The summed E-state index contributed by atoms with van der Waals surface area (Å²) in [6.07, 6.45) is 1.95. The van der Waals surface area contributed by atoms with E-state index in [4.69, 9.17) is 4.74 Å². The minimum absolute atomic E-state index is 0.150. The number of amides is 2. The van der Waals surface area contributed by atoms with Gasteiger partial charge < -0.3 is 14.5 Å². The first-order valence-electron chi connectivity index (χ1n) is 10.6. The molecule has 2 aliphatic heterocycles. The Hall–Kier alpha value is -3.16. The van der Waals surface area contributed by atoms with E-state index in [1.807, 2.05) is 27.0 Å². The van der Waals surface area contributed by atoms with Gasteiger partial charge in [-0.2, -0.15) is 0 Å². The molecule has 2 saturated heterocycles. The average Bonchev–Trinajstić information content (AvgIpc) is 3.13. The largest absolute Gasteiger partial charge is 0.447 e. The van der Waals surface area contributed by atoms with E-state index in [2.05, 4.69) is 16.0 Å². The number of piperazine rings is 1. The first-order chi connectivity index (χ1) is 14.9. The number of carbonyl (C=O) groups excluding carboxylic acids is 2. The van der Waals surface area contributed by atoms with Crippen LogP contribution in [0, 0.1) is 19.7 Å². The number of cyclic esters (lactones) is 1. The van der Waals surface area contributed by atoms with Gasteiger partial charge in [-0.25, -0.2) is 14.2 Å². The highest BCUT2D eigenvalue weighted by molar-refractivity contribution is 5.96. The molecular formula is C23H27FN4O3. The van der Waals surface area contributed by atoms with E-state index in [1.165, 1.54) is 17.0 Å². The molecule has 2 aromatic rings. The molecule has 7 nitrogen and oxygen atoms in total. The Kier molecular flexibility index (Phi) is 5.80. The second-order valence-corrected chi connectivity index (χ2v) is 8.11. The number of rotatable bonds is 4. The quantitative estimate of drug-likeness (QED) is 0.748. The Morgan fingerprint density at radius 2 is 1.94 bits per heavy atom. The van der Waals surface area contributed by atoms with Gasteiger partial charge in [-0.1, -0.05) is 13.0 Å². The Bertz CT molecular complexity index is 1000. The molecule has 0 bridgehead atoms. The van der Waals surface area contributed by atoms with Crippen molar-refractivity contribution in [3.8, 4) is 0 Å². The van der Waals surface area contributed by atoms with Gasteiger partial charge in [0.1, 0.15) is 18.2 Å². The summed E-state index contributed by atoms with van der Waals surface area (Å²) < 4.78 is 19.9. The second-order valence-electron chi connectivity index (χ2n) is 8.11. The molecule has 0 unspecified atom stereocenters. The van der Waals surface area contributed by atoms with Crippen molar-refractivity contribution in [3.05, 3.63) is 53.0 Å². The fourth-order valence-corrected chi connectivity index (χ4v) is 4.23. The number of aryl methyl sites for hydroxylation is 2. The van der Waals surface area contributed by atoms with Crippen LogP contribution in [0.1, 0.15) is 34.8 Å². The lowest BCUT2D eigenvalue weighted by Gasteiger charge is -2.36. The predicted octanol–water partition coefficient (Wildman–Crippen LogP) is 3.54. The van der Waals surface area contributed by atoms with E-state index >= 15 is 0 Å². The molecule has 1 aromatic heterocycles. The molecular weight excluding hydrogens is 399 g/mol. The van der Waals surface area contributed by atoms with Gasteiger partial charge >= 0.3 is 6.09 Å². The summed E-state index contributed by atoms with van der Waals surface area (Å²) in [4.78, 5) is 34.7. The maximum Gasteiger partial charge on any atom is 0.414 e. The van der Waals surface area contributed by atoms with Crippen LogP contribution in [0.4, 0.5) is 20.7 Å². The van der Waals surface area contributed by atoms with E-state index in [1.54, 1.807) is 11.0 Å². The standard InChI is InChI=1S/C23H27FN4O3/c1-4-18-14-31-23(30)28(18)20-6-5-17(12-19(20)24)22(29)27-9-7-26(8-10-27)21-16(3)11-15(2)13-25-21/h5-6,11-13,18H,4,7-10,14H2,1-3H3/t18-/m1/s1. The lowest BCUT2D eigenvalue weighted by Crippen LogP contribution is -2.49. The monoisotopic (exact) mass is 426 g/mol. The molecule has 0 spiro atoms. The summed E-state index contributed by atoms with van der Waals surface area (Å²) in [6, 6.07) is 6.19. The van der Waals surface area contributed by atoms with Gasteiger partial charge in [-0.15, -0.1) is 0 Å². The van der Waals surface area contributed by atoms with E-state index in [9.17, 15) is 14.0 Å². The summed E-state index contributed by atoms with van der Waals surface area (Å²) >= 11 is 0. The van der Waals surface area contributed by atoms with E-state index < -0.39 is 11.9 Å². The van der Waals surface area contributed by atoms with Crippen molar-refractivity contribution in [2.24, 2.45) is 0 Å². The summed E-state index contributed by atoms with van der Waals surface area (Å²) in [5, 5.41) is 0. The third-order valence-electron chi connectivity index (χ3n) is 5.94. The summed E-state index contributed by atoms with van der Waals surface area (Å²) in [7, 11) is 0. The number of hydrogen-bond donors (Lipinski definition) is 0. The maximum atomic E-state index is 14.8. The van der Waals surface area contributed by atoms with Gasteiger partial charge in [0.05, 0.1) is 11.7 Å². The van der Waals surface area contributed by atoms with Crippen molar-refractivity contribution in [2.75, 3.05) is 42.6 Å². The molecule has 3 heterocycles. The van der Waals surface area contributed by atoms with Crippen LogP contribution >= 0.6 is 0 Å². The van der Waals surface area contributed by atoms with Gasteiger partial charge in [0.15, 0.2) is 0 Å². The molecule has 0 N–H and O–H groups in total. The van der Waals surface area contributed by atoms with Crippen molar-refractivity contribution in [1.82, 2.24) is 9.88 Å². The van der Waals surface area contributed by atoms with Gasteiger partial charge in [0.25, 0.3) is 5.91 Å². The van der Waals surface area contributed by atoms with E-state index in [-0.39, 0.29) is 29.8 Å². The maximum absolute atomic E-state index is 14.8. The molecule has 1 aromatic carbocycles. The number of hydrogen-bond acceptors (Lipinski definition) is 5. The van der Waals surface area contributed by atoms with Gasteiger partial charge in [0.2, 0.25) is 0 Å². The minimum atomic E-state index is -0.596. The zero-order valence-electron chi connectivity index (χ0n) is 18.1. The highest BCUT2D eigenvalue weighted by Gasteiger charge is 2.35. The number of anilines is 2. The molecule has 164 valence electrons. The lowest BCUT2D eigenvalue weighted by molar-refractivity contribution is 0.0746. The van der Waals surface area contributed by atoms with Gasteiger partial charge in [-0.3, -0.25) is 9.69 Å². The SMILES string of the molecule is CC[C@@H]1COC(=O)N1c1ccc(C(=O)N2CCN(c3ncc(C)cc3C)CC2)cc1F. The van der Waals surface area contributed by atoms with Crippen LogP contribution in [0.25, 0.3) is 0 Å². The Labute approximate surface area is 181 Å². The summed E-state index contributed by atoms with van der Waals surface area (Å²) in [5.74, 6) is 0.132. The number of halogens is 1. The molecule has 1 atom stereocenters. The van der Waals surface area contributed by atoms with Crippen molar-refractivity contribution in [1.29, 1.82) is 0 Å². The van der Waals surface area contributed by atoms with Crippen LogP contribution in [0.5, 0.6) is 0 Å². The van der Waals surface area contributed by atoms with Crippen LogP contribution < -0.4 is 9.80 Å². The first-order valence-corrected chi connectivity index (χ1v) is 10.6. The number of pyridine rings is 1. The molecule has 0 radical (unpaired) electrons. The predicted molar refractivity (Wildman–Crippen MR) is 116 cm³/mol. The molecule has 4 rings (SSSR count). The Morgan fingerprint density at radius 1 is 1.19 bits per heavy atom. The third kappa shape index (κ3) is 4.06. The third-order valence-corrected chi connectivity index (χ3v) is 5.94. The van der Waals surface area contributed by atoms with Crippen molar-refractivity contribution < 1.29 is 18.7 Å². The summed E-state index contributed by atoms with van der Waals surface area (Å²) in [6.45, 7) is 8.62. The zero-order valence-corrected chi connectivity index (χ0v) is 18.1. The number of aromatic nitrogens is 1. The van der Waals surface area contributed by atoms with Crippen molar-refractivity contribution in [3.63, 3.8) is 0 Å². The lowest BCUT2D eigenvalue weighted by atomic mass is 10.1. The molecule has 2 amide bonds. The van der Waals surface area contributed by atoms with Crippen molar-refractivity contribution >= 4 is 23.5 Å². The van der Waals surface area contributed by atoms with Crippen LogP contribution in [0.3, 0.4) is 0 Å². The molecule has 0 aliphatic carbocycles. The summed E-state index contributed by atoms with van der Waals surface area (Å²) in [5.41, 5.74) is 2.66. The van der Waals surface area contributed by atoms with Gasteiger partial charge in [0, 0.05) is 37.9 Å². The Balaban J connectivity index is 1.44. The van der Waals surface area contributed by atoms with Gasteiger partial charge in [-0.05, 0) is 49.6 Å². The average molecular weight is 426 g/mol. The van der Waals surface area contributed by atoms with E-state index in [0.717, 1.165) is 16.9 Å². The molecule has 0 saturated carbocycles. The Morgan fingerprint density at radius 3 is 2.58 bits per heavy atom. The number of ether oxygens (including phenoxy) is 1. The molecule has 31 heavy (non-hydrogen) atoms. The topological polar surface area (TPSA) is 66.0 Å². The number of benzene rings is 1. The fraction of sp³-hybridized carbons (Fsp3) is 0.435. The molecule has 2 fully saturated rings. The highest BCUT2D eigenvalue weighted by Crippen LogP contribution is 2.28. The highest BCUT2D eigenvalue weighted by atomic mass is 19.1. The molecule has 2 aliphatic rings. The molecule has 8 heteroatoms. The van der Waals surface area contributed by atoms with Crippen LogP contribution in [-0.2, 0) is 4.74 Å². The smallest absolute Gasteiger partial charge is 0.414 e. The van der Waals surface area contributed by atoms with Crippen LogP contribution in [0.15, 0.2) is 30.5 Å². The van der Waals surface area contributed by atoms with E-state index in [0.29, 0.717) is 32.6 Å². The van der Waals surface area contributed by atoms with Crippen molar-refractivity contribution in [2.45, 2.75) is 33.2 Å². The number of carbonyl (C=O) groups is 2. The zero-order chi connectivity index (χ0) is 22.1. The van der Waals surface area contributed by atoms with Crippen LogP contribution in [-0.4, -0.2) is 60.7 Å². The first kappa shape index (κ1) is 21.1. The number of nitrogens with zero attached hydrogens (tertiary/aromatic N) is 4. The second kappa shape index (κ2) is 8.53.